The number of hydrogen-bond acceptors (Lipinski definition) is 4. The van der Waals surface area contributed by atoms with Gasteiger partial charge in [-0.2, -0.15) is 5.26 Å². The van der Waals surface area contributed by atoms with Gasteiger partial charge in [-0.1, -0.05) is 13.8 Å². The predicted octanol–water partition coefficient (Wildman–Crippen LogP) is 2.77. The molecule has 0 aliphatic carbocycles. The first kappa shape index (κ1) is 14.5. The lowest BCUT2D eigenvalue weighted by atomic mass is 10.2. The largest absolute Gasteiger partial charge is 0.496 e. The quantitative estimate of drug-likeness (QED) is 0.795. The Labute approximate surface area is 112 Å². The Morgan fingerprint density at radius 3 is 2.83 bits per heavy atom. The normalized spacial score (nSPS) is 10.2. The van der Waals surface area contributed by atoms with Gasteiger partial charge in [-0.25, -0.2) is 0 Å². The fraction of sp³-hybridized carbons (Fsp3) is 0.538. The third-order valence-corrected chi connectivity index (χ3v) is 3.28. The molecule has 0 spiro atoms. The molecule has 0 aliphatic rings. The fourth-order valence-electron chi connectivity index (χ4n) is 1.60. The van der Waals surface area contributed by atoms with Crippen LogP contribution in [0, 0.1) is 17.2 Å². The lowest BCUT2D eigenvalue weighted by Gasteiger charge is -2.22. The maximum atomic E-state index is 12.3. The van der Waals surface area contributed by atoms with Crippen LogP contribution < -0.4 is 4.74 Å². The molecule has 0 fully saturated rings. The molecule has 1 rings (SSSR count). The molecule has 1 heterocycles. The van der Waals surface area contributed by atoms with Crippen molar-refractivity contribution in [3.63, 3.8) is 0 Å². The Kier molecular flexibility index (Phi) is 5.66. The Hall–Kier alpha value is -1.54. The first-order valence-corrected chi connectivity index (χ1v) is 6.75. The van der Waals surface area contributed by atoms with Crippen LogP contribution in [0.25, 0.3) is 0 Å². The highest BCUT2D eigenvalue weighted by Gasteiger charge is 2.18. The summed E-state index contributed by atoms with van der Waals surface area (Å²) < 4.78 is 5.07. The predicted molar refractivity (Wildman–Crippen MR) is 71.8 cm³/mol. The van der Waals surface area contributed by atoms with E-state index in [2.05, 4.69) is 19.9 Å². The van der Waals surface area contributed by atoms with Crippen LogP contribution >= 0.6 is 11.3 Å². The van der Waals surface area contributed by atoms with Crippen LogP contribution in [-0.2, 0) is 0 Å². The van der Waals surface area contributed by atoms with Crippen molar-refractivity contribution < 1.29 is 9.53 Å². The number of carbonyl (C=O) groups is 1. The standard InChI is InChI=1S/C13H18N2O2S/c1-10(2)8-15(6-4-5-14)13(16)12-7-11(17-3)9-18-12/h7,9-10H,4,6,8H2,1-3H3. The molecule has 0 saturated heterocycles. The van der Waals surface area contributed by atoms with E-state index >= 15 is 0 Å². The Balaban J connectivity index is 2.77. The number of nitrogens with zero attached hydrogens (tertiary/aromatic N) is 2. The van der Waals surface area contributed by atoms with E-state index in [1.165, 1.54) is 11.3 Å². The van der Waals surface area contributed by atoms with Gasteiger partial charge in [0.25, 0.3) is 5.91 Å². The van der Waals surface area contributed by atoms with Gasteiger partial charge in [0.1, 0.15) is 5.75 Å². The lowest BCUT2D eigenvalue weighted by molar-refractivity contribution is 0.0744. The summed E-state index contributed by atoms with van der Waals surface area (Å²) in [4.78, 5) is 14.7. The molecule has 0 bridgehead atoms. The van der Waals surface area contributed by atoms with E-state index in [0.717, 1.165) is 0 Å². The SMILES string of the molecule is COc1csc(C(=O)N(CCC#N)CC(C)C)c1. The Bertz CT molecular complexity index is 434. The van der Waals surface area contributed by atoms with E-state index in [-0.39, 0.29) is 5.91 Å². The van der Waals surface area contributed by atoms with E-state index in [9.17, 15) is 4.79 Å². The zero-order chi connectivity index (χ0) is 13.5. The maximum absolute atomic E-state index is 12.3. The van der Waals surface area contributed by atoms with Gasteiger partial charge in [0.15, 0.2) is 0 Å². The Morgan fingerprint density at radius 1 is 1.61 bits per heavy atom. The molecular weight excluding hydrogens is 248 g/mol. The zero-order valence-corrected chi connectivity index (χ0v) is 11.8. The van der Waals surface area contributed by atoms with E-state index in [1.54, 1.807) is 18.1 Å². The van der Waals surface area contributed by atoms with Crippen LogP contribution in [0.2, 0.25) is 0 Å². The summed E-state index contributed by atoms with van der Waals surface area (Å²) in [5.74, 6) is 1.06. The molecule has 18 heavy (non-hydrogen) atoms. The van der Waals surface area contributed by atoms with Gasteiger partial charge in [-0.05, 0) is 5.92 Å². The number of thiophene rings is 1. The van der Waals surface area contributed by atoms with Crippen molar-refractivity contribution in [2.24, 2.45) is 5.92 Å². The molecule has 5 heteroatoms. The van der Waals surface area contributed by atoms with Crippen molar-refractivity contribution >= 4 is 17.2 Å². The van der Waals surface area contributed by atoms with Crippen molar-refractivity contribution in [2.45, 2.75) is 20.3 Å². The van der Waals surface area contributed by atoms with Crippen LogP contribution in [0.15, 0.2) is 11.4 Å². The number of ether oxygens (including phenoxy) is 1. The number of nitriles is 1. The van der Waals surface area contributed by atoms with Crippen LogP contribution in [0.3, 0.4) is 0 Å². The topological polar surface area (TPSA) is 53.3 Å². The molecule has 0 aromatic carbocycles. The third kappa shape index (κ3) is 4.04. The number of carbonyl (C=O) groups excluding carboxylic acids is 1. The first-order valence-electron chi connectivity index (χ1n) is 5.87. The fourth-order valence-corrected chi connectivity index (χ4v) is 2.42. The van der Waals surface area contributed by atoms with Crippen molar-refractivity contribution in [2.75, 3.05) is 20.2 Å². The van der Waals surface area contributed by atoms with Crippen molar-refractivity contribution in [1.82, 2.24) is 4.90 Å². The summed E-state index contributed by atoms with van der Waals surface area (Å²) in [6.07, 6.45) is 0.362. The molecule has 1 aromatic rings. The van der Waals surface area contributed by atoms with Crippen molar-refractivity contribution in [1.29, 1.82) is 5.26 Å². The molecule has 1 aromatic heterocycles. The first-order chi connectivity index (χ1) is 8.58. The summed E-state index contributed by atoms with van der Waals surface area (Å²) in [7, 11) is 1.58. The summed E-state index contributed by atoms with van der Waals surface area (Å²) in [5.41, 5.74) is 0. The monoisotopic (exact) mass is 266 g/mol. The molecule has 0 aliphatic heterocycles. The second kappa shape index (κ2) is 7.02. The van der Waals surface area contributed by atoms with Gasteiger partial charge in [0.05, 0.1) is 24.5 Å². The second-order valence-electron chi connectivity index (χ2n) is 4.40. The number of amides is 1. The van der Waals surface area contributed by atoms with E-state index in [1.807, 2.05) is 5.38 Å². The molecule has 0 N–H and O–H groups in total. The molecule has 4 nitrogen and oxygen atoms in total. The lowest BCUT2D eigenvalue weighted by Crippen LogP contribution is -2.34. The van der Waals surface area contributed by atoms with Gasteiger partial charge < -0.3 is 9.64 Å². The minimum Gasteiger partial charge on any atom is -0.496 e. The Morgan fingerprint density at radius 2 is 2.33 bits per heavy atom. The average Bonchev–Trinajstić information content (AvgIpc) is 2.81. The molecule has 1 amide bonds. The number of hydrogen-bond donors (Lipinski definition) is 0. The number of methoxy groups -OCH3 is 1. The van der Waals surface area contributed by atoms with E-state index in [4.69, 9.17) is 10.00 Å². The average molecular weight is 266 g/mol. The van der Waals surface area contributed by atoms with Gasteiger partial charge in [0, 0.05) is 24.5 Å². The molecule has 0 atom stereocenters. The summed E-state index contributed by atoms with van der Waals surface area (Å²) in [6.45, 7) is 5.26. The van der Waals surface area contributed by atoms with Gasteiger partial charge >= 0.3 is 0 Å². The molecular formula is C13H18N2O2S. The minimum absolute atomic E-state index is 0.0211. The molecule has 0 unspecified atom stereocenters. The third-order valence-electron chi connectivity index (χ3n) is 2.39. The summed E-state index contributed by atoms with van der Waals surface area (Å²) in [5, 5.41) is 10.4. The molecule has 0 saturated carbocycles. The van der Waals surface area contributed by atoms with Crippen LogP contribution in [0.4, 0.5) is 0 Å². The smallest absolute Gasteiger partial charge is 0.264 e. The molecule has 0 radical (unpaired) electrons. The number of rotatable bonds is 6. The van der Waals surface area contributed by atoms with Crippen molar-refractivity contribution in [3.8, 4) is 11.8 Å². The van der Waals surface area contributed by atoms with Crippen LogP contribution in [0.5, 0.6) is 5.75 Å². The van der Waals surface area contributed by atoms with Gasteiger partial charge in [0.2, 0.25) is 0 Å². The van der Waals surface area contributed by atoms with Gasteiger partial charge in [-0.15, -0.1) is 11.3 Å². The molecule has 98 valence electrons. The van der Waals surface area contributed by atoms with Gasteiger partial charge in [-0.3, -0.25) is 4.79 Å². The zero-order valence-electron chi connectivity index (χ0n) is 11.0. The van der Waals surface area contributed by atoms with E-state index in [0.29, 0.717) is 36.1 Å². The highest BCUT2D eigenvalue weighted by atomic mass is 32.1. The highest BCUT2D eigenvalue weighted by molar-refractivity contribution is 7.12. The van der Waals surface area contributed by atoms with Crippen LogP contribution in [0.1, 0.15) is 29.9 Å². The summed E-state index contributed by atoms with van der Waals surface area (Å²) in [6, 6.07) is 3.82. The second-order valence-corrected chi connectivity index (χ2v) is 5.32. The highest BCUT2D eigenvalue weighted by Crippen LogP contribution is 2.22. The summed E-state index contributed by atoms with van der Waals surface area (Å²) >= 11 is 1.37. The van der Waals surface area contributed by atoms with E-state index < -0.39 is 0 Å². The minimum atomic E-state index is -0.0211. The maximum Gasteiger partial charge on any atom is 0.264 e. The van der Waals surface area contributed by atoms with Crippen LogP contribution in [-0.4, -0.2) is 31.0 Å². The van der Waals surface area contributed by atoms with Crippen molar-refractivity contribution in [3.05, 3.63) is 16.3 Å².